The monoisotopic (exact) mass is 239 g/mol. The van der Waals surface area contributed by atoms with Gasteiger partial charge in [0.05, 0.1) is 5.92 Å². The molecule has 94 valence electrons. The lowest BCUT2D eigenvalue weighted by atomic mass is 9.87. The second-order valence-electron chi connectivity index (χ2n) is 4.16. The number of nitrogens with two attached hydrogens (primary N) is 1. The summed E-state index contributed by atoms with van der Waals surface area (Å²) in [5.74, 6) is -1.57. The van der Waals surface area contributed by atoms with E-state index in [2.05, 4.69) is 0 Å². The maximum absolute atomic E-state index is 12.8. The zero-order valence-corrected chi connectivity index (χ0v) is 9.90. The second kappa shape index (κ2) is 6.35. The number of carboxylic acids is 1. The molecule has 2 unspecified atom stereocenters. The van der Waals surface area contributed by atoms with Crippen molar-refractivity contribution in [3.63, 3.8) is 0 Å². The van der Waals surface area contributed by atoms with E-state index in [1.165, 1.54) is 12.1 Å². The molecule has 4 heteroatoms. The summed E-state index contributed by atoms with van der Waals surface area (Å²) in [6.45, 7) is 2.12. The number of aliphatic carboxylic acids is 1. The number of hydrogen-bond acceptors (Lipinski definition) is 2. The highest BCUT2D eigenvalue weighted by Gasteiger charge is 2.21. The Morgan fingerprint density at radius 1 is 1.41 bits per heavy atom. The lowest BCUT2D eigenvalue weighted by Crippen LogP contribution is -2.25. The molecule has 2 atom stereocenters. The molecule has 0 saturated heterocycles. The van der Waals surface area contributed by atoms with Crippen LogP contribution in [0.4, 0.5) is 4.39 Å². The van der Waals surface area contributed by atoms with Gasteiger partial charge in [0.15, 0.2) is 0 Å². The summed E-state index contributed by atoms with van der Waals surface area (Å²) in [6.07, 6.45) is 1.31. The average Bonchev–Trinajstić information content (AvgIpc) is 2.32. The lowest BCUT2D eigenvalue weighted by molar-refractivity contribution is -0.141. The molecule has 0 saturated carbocycles. The number of benzene rings is 1. The van der Waals surface area contributed by atoms with Crippen molar-refractivity contribution in [2.24, 2.45) is 11.7 Å². The van der Waals surface area contributed by atoms with Gasteiger partial charge in [-0.3, -0.25) is 4.79 Å². The molecule has 0 spiro atoms. The van der Waals surface area contributed by atoms with E-state index in [-0.39, 0.29) is 18.3 Å². The Bertz CT molecular complexity index is 364. The van der Waals surface area contributed by atoms with Crippen molar-refractivity contribution in [1.82, 2.24) is 0 Å². The topological polar surface area (TPSA) is 63.3 Å². The van der Waals surface area contributed by atoms with Crippen LogP contribution in [0.5, 0.6) is 0 Å². The summed E-state index contributed by atoms with van der Waals surface area (Å²) in [6, 6.07) is 6.21. The minimum absolute atomic E-state index is 0.111. The Morgan fingerprint density at radius 2 is 2.00 bits per heavy atom. The summed E-state index contributed by atoms with van der Waals surface area (Å²) in [5.41, 5.74) is 6.40. The van der Waals surface area contributed by atoms with Crippen LogP contribution in [0.15, 0.2) is 24.3 Å². The smallest absolute Gasteiger partial charge is 0.307 e. The van der Waals surface area contributed by atoms with E-state index in [0.29, 0.717) is 6.42 Å². The zero-order chi connectivity index (χ0) is 12.8. The Morgan fingerprint density at radius 3 is 2.41 bits per heavy atom. The van der Waals surface area contributed by atoms with E-state index in [1.807, 2.05) is 6.92 Å². The first-order chi connectivity index (χ1) is 8.08. The Balaban J connectivity index is 2.77. The predicted molar refractivity (Wildman–Crippen MR) is 64.2 cm³/mol. The molecule has 1 aromatic carbocycles. The van der Waals surface area contributed by atoms with E-state index < -0.39 is 11.9 Å². The summed E-state index contributed by atoms with van der Waals surface area (Å²) in [4.78, 5) is 10.9. The third kappa shape index (κ3) is 3.82. The van der Waals surface area contributed by atoms with E-state index >= 15 is 0 Å². The van der Waals surface area contributed by atoms with Gasteiger partial charge in [0.1, 0.15) is 5.82 Å². The minimum Gasteiger partial charge on any atom is -0.481 e. The second-order valence-corrected chi connectivity index (χ2v) is 4.16. The Labute approximate surface area is 100 Å². The molecular weight excluding hydrogens is 221 g/mol. The molecular formula is C13H18FNO2. The van der Waals surface area contributed by atoms with Gasteiger partial charge in [-0.2, -0.15) is 0 Å². The number of rotatable bonds is 6. The van der Waals surface area contributed by atoms with Crippen LogP contribution < -0.4 is 5.73 Å². The van der Waals surface area contributed by atoms with Gasteiger partial charge >= 0.3 is 5.97 Å². The standard InChI is InChI=1S/C13H18FNO2/c1-2-9(7-11(8-15)13(16)17)10-3-5-12(14)6-4-10/h3-6,9,11H,2,7-8,15H2,1H3,(H,16,17). The number of carbonyl (C=O) groups is 1. The van der Waals surface area contributed by atoms with Gasteiger partial charge in [0.2, 0.25) is 0 Å². The summed E-state index contributed by atoms with van der Waals surface area (Å²) in [7, 11) is 0. The first kappa shape index (κ1) is 13.6. The molecule has 3 nitrogen and oxygen atoms in total. The van der Waals surface area contributed by atoms with Crippen LogP contribution in [0.25, 0.3) is 0 Å². The van der Waals surface area contributed by atoms with Gasteiger partial charge in [-0.05, 0) is 36.5 Å². The third-order valence-corrected chi connectivity index (χ3v) is 3.04. The van der Waals surface area contributed by atoms with Gasteiger partial charge in [0, 0.05) is 6.54 Å². The molecule has 0 fully saturated rings. The normalized spacial score (nSPS) is 14.3. The first-order valence-electron chi connectivity index (χ1n) is 5.76. The molecule has 0 heterocycles. The van der Waals surface area contributed by atoms with Crippen LogP contribution in [0.2, 0.25) is 0 Å². The predicted octanol–water partition coefficient (Wildman–Crippen LogP) is 2.37. The van der Waals surface area contributed by atoms with Crippen LogP contribution in [0.1, 0.15) is 31.2 Å². The molecule has 0 aliphatic carbocycles. The largest absolute Gasteiger partial charge is 0.481 e. The van der Waals surface area contributed by atoms with Gasteiger partial charge in [-0.1, -0.05) is 19.1 Å². The maximum atomic E-state index is 12.8. The molecule has 3 N–H and O–H groups in total. The van der Waals surface area contributed by atoms with Crippen molar-refractivity contribution in [3.8, 4) is 0 Å². The lowest BCUT2D eigenvalue weighted by Gasteiger charge is -2.19. The Kier molecular flexibility index (Phi) is 5.10. The van der Waals surface area contributed by atoms with Crippen LogP contribution in [0.3, 0.4) is 0 Å². The van der Waals surface area contributed by atoms with Crippen molar-refractivity contribution in [2.45, 2.75) is 25.7 Å². The molecule has 0 aliphatic heterocycles. The van der Waals surface area contributed by atoms with Crippen molar-refractivity contribution in [3.05, 3.63) is 35.6 Å². The van der Waals surface area contributed by atoms with Gasteiger partial charge in [-0.25, -0.2) is 4.39 Å². The highest BCUT2D eigenvalue weighted by atomic mass is 19.1. The molecule has 0 bridgehead atoms. The number of halogens is 1. The third-order valence-electron chi connectivity index (χ3n) is 3.04. The molecule has 0 amide bonds. The fraction of sp³-hybridized carbons (Fsp3) is 0.462. The summed E-state index contributed by atoms with van der Waals surface area (Å²) < 4.78 is 12.8. The summed E-state index contributed by atoms with van der Waals surface area (Å²) >= 11 is 0. The van der Waals surface area contributed by atoms with Crippen molar-refractivity contribution in [1.29, 1.82) is 0 Å². The molecule has 0 radical (unpaired) electrons. The highest BCUT2D eigenvalue weighted by Crippen LogP contribution is 2.27. The van der Waals surface area contributed by atoms with Gasteiger partial charge in [0.25, 0.3) is 0 Å². The minimum atomic E-state index is -0.868. The van der Waals surface area contributed by atoms with Crippen molar-refractivity contribution < 1.29 is 14.3 Å². The summed E-state index contributed by atoms with van der Waals surface area (Å²) in [5, 5.41) is 8.97. The van der Waals surface area contributed by atoms with Crippen molar-refractivity contribution in [2.75, 3.05) is 6.54 Å². The van der Waals surface area contributed by atoms with Crippen LogP contribution in [-0.2, 0) is 4.79 Å². The van der Waals surface area contributed by atoms with E-state index in [4.69, 9.17) is 10.8 Å². The Hall–Kier alpha value is -1.42. The first-order valence-corrected chi connectivity index (χ1v) is 5.76. The molecule has 0 aliphatic rings. The van der Waals surface area contributed by atoms with Crippen LogP contribution in [-0.4, -0.2) is 17.6 Å². The van der Waals surface area contributed by atoms with Gasteiger partial charge in [-0.15, -0.1) is 0 Å². The molecule has 0 aromatic heterocycles. The fourth-order valence-corrected chi connectivity index (χ4v) is 1.91. The van der Waals surface area contributed by atoms with E-state index in [9.17, 15) is 9.18 Å². The van der Waals surface area contributed by atoms with Gasteiger partial charge < -0.3 is 10.8 Å². The van der Waals surface area contributed by atoms with Crippen LogP contribution >= 0.6 is 0 Å². The van der Waals surface area contributed by atoms with Crippen molar-refractivity contribution >= 4 is 5.97 Å². The van der Waals surface area contributed by atoms with Crippen LogP contribution in [0, 0.1) is 11.7 Å². The number of carboxylic acid groups (broad SMARTS) is 1. The van der Waals surface area contributed by atoms with E-state index in [1.54, 1.807) is 12.1 Å². The number of hydrogen-bond donors (Lipinski definition) is 2. The zero-order valence-electron chi connectivity index (χ0n) is 9.90. The quantitative estimate of drug-likeness (QED) is 0.801. The average molecular weight is 239 g/mol. The maximum Gasteiger partial charge on any atom is 0.307 e. The molecule has 17 heavy (non-hydrogen) atoms. The SMILES string of the molecule is CCC(CC(CN)C(=O)O)c1ccc(F)cc1. The molecule has 1 aromatic rings. The fourth-order valence-electron chi connectivity index (χ4n) is 1.91. The molecule has 1 rings (SSSR count). The highest BCUT2D eigenvalue weighted by molar-refractivity contribution is 5.70. The van der Waals surface area contributed by atoms with E-state index in [0.717, 1.165) is 12.0 Å².